The van der Waals surface area contributed by atoms with Gasteiger partial charge >= 0.3 is 0 Å². The van der Waals surface area contributed by atoms with Crippen LogP contribution in [0.5, 0.6) is 0 Å². The highest BCUT2D eigenvalue weighted by Gasteiger charge is 2.36. The van der Waals surface area contributed by atoms with Gasteiger partial charge in [0, 0.05) is 26.2 Å². The van der Waals surface area contributed by atoms with E-state index in [1.807, 2.05) is 60.7 Å². The third-order valence-electron chi connectivity index (χ3n) is 5.63. The van der Waals surface area contributed by atoms with Crippen LogP contribution >= 0.6 is 0 Å². The van der Waals surface area contributed by atoms with Gasteiger partial charge in [-0.2, -0.15) is 4.31 Å². The van der Waals surface area contributed by atoms with Gasteiger partial charge in [-0.3, -0.25) is 4.79 Å². The summed E-state index contributed by atoms with van der Waals surface area (Å²) in [6.07, 6.45) is 0. The Hall–Kier alpha value is -2.97. The Morgan fingerprint density at radius 3 is 1.87 bits per heavy atom. The van der Waals surface area contributed by atoms with Crippen molar-refractivity contribution < 1.29 is 17.7 Å². The van der Waals surface area contributed by atoms with Crippen molar-refractivity contribution in [3.05, 3.63) is 83.2 Å². The lowest BCUT2D eigenvalue weighted by molar-refractivity contribution is -0.133. The number of carbonyl (C=O) groups is 1. The zero-order valence-electron chi connectivity index (χ0n) is 17.6. The first-order valence-corrected chi connectivity index (χ1v) is 11.7. The second-order valence-corrected chi connectivity index (χ2v) is 9.51. The minimum Gasteiger partial charge on any atom is -0.360 e. The molecule has 0 spiro atoms. The van der Waals surface area contributed by atoms with Gasteiger partial charge in [0.1, 0.15) is 10.6 Å². The number of aromatic nitrogens is 1. The molecule has 0 saturated carbocycles. The number of sulfonamides is 1. The van der Waals surface area contributed by atoms with Crippen molar-refractivity contribution in [1.82, 2.24) is 14.4 Å². The summed E-state index contributed by atoms with van der Waals surface area (Å²) < 4.78 is 32.6. The summed E-state index contributed by atoms with van der Waals surface area (Å²) in [4.78, 5) is 15.4. The van der Waals surface area contributed by atoms with Crippen LogP contribution in [-0.2, 0) is 14.8 Å². The summed E-state index contributed by atoms with van der Waals surface area (Å²) in [6.45, 7) is 4.34. The van der Waals surface area contributed by atoms with Crippen molar-refractivity contribution in [2.24, 2.45) is 0 Å². The van der Waals surface area contributed by atoms with Gasteiger partial charge in [0.05, 0.1) is 5.92 Å². The van der Waals surface area contributed by atoms with Crippen LogP contribution in [0.3, 0.4) is 0 Å². The number of nitrogens with zero attached hydrogens (tertiary/aromatic N) is 3. The minimum absolute atomic E-state index is 0.0215. The molecular weight excluding hydrogens is 414 g/mol. The maximum absolute atomic E-state index is 13.5. The maximum Gasteiger partial charge on any atom is 0.248 e. The summed E-state index contributed by atoms with van der Waals surface area (Å²) in [5.41, 5.74) is 2.19. The number of hydrogen-bond donors (Lipinski definition) is 0. The van der Waals surface area contributed by atoms with Crippen LogP contribution in [0.25, 0.3) is 0 Å². The van der Waals surface area contributed by atoms with Crippen LogP contribution in [-0.4, -0.2) is 54.9 Å². The molecule has 1 aromatic heterocycles. The molecule has 0 atom stereocenters. The number of aryl methyl sites for hydroxylation is 2. The Morgan fingerprint density at radius 1 is 0.903 bits per heavy atom. The molecule has 0 N–H and O–H groups in total. The lowest BCUT2D eigenvalue weighted by atomic mass is 9.90. The van der Waals surface area contributed by atoms with Gasteiger partial charge in [-0.15, -0.1) is 0 Å². The zero-order valence-corrected chi connectivity index (χ0v) is 18.4. The highest BCUT2D eigenvalue weighted by atomic mass is 32.2. The first-order chi connectivity index (χ1) is 14.9. The average Bonchev–Trinajstić information content (AvgIpc) is 3.14. The molecule has 3 aromatic rings. The first kappa shape index (κ1) is 21.3. The topological polar surface area (TPSA) is 83.7 Å². The molecule has 2 heterocycles. The third kappa shape index (κ3) is 4.13. The van der Waals surface area contributed by atoms with Gasteiger partial charge in [0.2, 0.25) is 15.9 Å². The number of piperazine rings is 1. The minimum atomic E-state index is -3.71. The number of hydrogen-bond acceptors (Lipinski definition) is 5. The lowest BCUT2D eigenvalue weighted by Crippen LogP contribution is -2.51. The summed E-state index contributed by atoms with van der Waals surface area (Å²) in [6, 6.07) is 19.4. The van der Waals surface area contributed by atoms with E-state index in [0.717, 1.165) is 11.1 Å². The molecule has 7 nitrogen and oxygen atoms in total. The molecule has 162 valence electrons. The van der Waals surface area contributed by atoms with Crippen LogP contribution in [0, 0.1) is 13.8 Å². The molecule has 0 unspecified atom stereocenters. The fraction of sp³-hybridized carbons (Fsp3) is 0.304. The maximum atomic E-state index is 13.5. The Labute approximate surface area is 182 Å². The molecule has 4 rings (SSSR count). The highest BCUT2D eigenvalue weighted by molar-refractivity contribution is 7.89. The number of carbonyl (C=O) groups excluding carboxylic acids is 1. The van der Waals surface area contributed by atoms with E-state index in [-0.39, 0.29) is 29.7 Å². The molecule has 0 aliphatic carbocycles. The molecule has 1 aliphatic heterocycles. The van der Waals surface area contributed by atoms with Crippen molar-refractivity contribution in [2.45, 2.75) is 24.7 Å². The quantitative estimate of drug-likeness (QED) is 0.610. The van der Waals surface area contributed by atoms with E-state index in [9.17, 15) is 13.2 Å². The van der Waals surface area contributed by atoms with Crippen molar-refractivity contribution in [1.29, 1.82) is 0 Å². The van der Waals surface area contributed by atoms with Gasteiger partial charge in [-0.1, -0.05) is 65.8 Å². The normalized spacial score (nSPS) is 15.4. The smallest absolute Gasteiger partial charge is 0.248 e. The Bertz CT molecular complexity index is 1090. The summed E-state index contributed by atoms with van der Waals surface area (Å²) in [7, 11) is -3.71. The van der Waals surface area contributed by atoms with Crippen LogP contribution in [0.1, 0.15) is 28.5 Å². The number of amides is 1. The van der Waals surface area contributed by atoms with Crippen molar-refractivity contribution >= 4 is 15.9 Å². The molecule has 8 heteroatoms. The standard InChI is InChI=1S/C23H25N3O4S/c1-17-22(18(2)30-24-17)31(28,29)26-15-13-25(14-16-26)23(27)21(19-9-5-3-6-10-19)20-11-7-4-8-12-20/h3-12,21H,13-16H2,1-2H3. The van der Waals surface area contributed by atoms with E-state index < -0.39 is 15.9 Å². The summed E-state index contributed by atoms with van der Waals surface area (Å²) in [5.74, 6) is -0.163. The second-order valence-electron chi connectivity index (χ2n) is 7.64. The van der Waals surface area contributed by atoms with Gasteiger partial charge in [-0.05, 0) is 25.0 Å². The summed E-state index contributed by atoms with van der Waals surface area (Å²) >= 11 is 0. The van der Waals surface area contributed by atoms with Gasteiger partial charge in [0.15, 0.2) is 5.76 Å². The highest BCUT2D eigenvalue weighted by Crippen LogP contribution is 2.29. The van der Waals surface area contributed by atoms with Gasteiger partial charge < -0.3 is 9.42 Å². The summed E-state index contributed by atoms with van der Waals surface area (Å²) in [5, 5.41) is 3.77. The Balaban J connectivity index is 1.54. The molecule has 0 bridgehead atoms. The largest absolute Gasteiger partial charge is 0.360 e. The molecule has 1 amide bonds. The van der Waals surface area contributed by atoms with Crippen LogP contribution in [0.15, 0.2) is 70.1 Å². The third-order valence-corrected chi connectivity index (χ3v) is 7.77. The molecule has 1 saturated heterocycles. The van der Waals surface area contributed by atoms with E-state index in [1.165, 1.54) is 4.31 Å². The zero-order chi connectivity index (χ0) is 22.0. The van der Waals surface area contributed by atoms with E-state index in [0.29, 0.717) is 18.8 Å². The van der Waals surface area contributed by atoms with Gasteiger partial charge in [0.25, 0.3) is 0 Å². The monoisotopic (exact) mass is 439 g/mol. The SMILES string of the molecule is Cc1noc(C)c1S(=O)(=O)N1CCN(C(=O)C(c2ccccc2)c2ccccc2)CC1. The number of benzene rings is 2. The average molecular weight is 440 g/mol. The first-order valence-electron chi connectivity index (χ1n) is 10.2. The van der Waals surface area contributed by atoms with Gasteiger partial charge in [-0.25, -0.2) is 8.42 Å². The lowest BCUT2D eigenvalue weighted by Gasteiger charge is -2.36. The van der Waals surface area contributed by atoms with Crippen LogP contribution in [0.4, 0.5) is 0 Å². The fourth-order valence-corrected chi connectivity index (χ4v) is 5.79. The predicted molar refractivity (Wildman–Crippen MR) is 116 cm³/mol. The Morgan fingerprint density at radius 2 is 1.42 bits per heavy atom. The molecule has 31 heavy (non-hydrogen) atoms. The van der Waals surface area contributed by atoms with E-state index >= 15 is 0 Å². The molecule has 1 aliphatic rings. The van der Waals surface area contributed by atoms with Crippen molar-refractivity contribution in [3.8, 4) is 0 Å². The van der Waals surface area contributed by atoms with Crippen LogP contribution in [0.2, 0.25) is 0 Å². The van der Waals surface area contributed by atoms with Crippen molar-refractivity contribution in [3.63, 3.8) is 0 Å². The van der Waals surface area contributed by atoms with E-state index in [1.54, 1.807) is 18.7 Å². The molecule has 0 radical (unpaired) electrons. The second kappa shape index (κ2) is 8.64. The molecule has 2 aromatic carbocycles. The Kier molecular flexibility index (Phi) is 5.93. The van der Waals surface area contributed by atoms with E-state index in [4.69, 9.17) is 4.52 Å². The van der Waals surface area contributed by atoms with Crippen molar-refractivity contribution in [2.75, 3.05) is 26.2 Å². The fourth-order valence-electron chi connectivity index (χ4n) is 4.07. The van der Waals surface area contributed by atoms with Crippen LogP contribution < -0.4 is 0 Å². The van der Waals surface area contributed by atoms with E-state index in [2.05, 4.69) is 5.16 Å². The number of rotatable bonds is 5. The molecular formula is C23H25N3O4S. The predicted octanol–water partition coefficient (Wildman–Crippen LogP) is 2.96. The molecule has 1 fully saturated rings.